The standard InChI is InChI=1S/C15H14Br2N2O/c1-20-12-4-2-10(3-5-12)14-6-7-18-15-13(17)8-11(16)9-19(14)15/h2-5,8-9,14H,6-7H2,1H3. The van der Waals surface area contributed by atoms with Gasteiger partial charge in [-0.25, -0.2) is 0 Å². The topological polar surface area (TPSA) is 24.8 Å². The third kappa shape index (κ3) is 2.56. The van der Waals surface area contributed by atoms with E-state index in [9.17, 15) is 0 Å². The van der Waals surface area contributed by atoms with Crippen molar-refractivity contribution in [3.8, 4) is 5.75 Å². The van der Waals surface area contributed by atoms with E-state index in [4.69, 9.17) is 4.74 Å². The molecule has 0 bridgehead atoms. The number of hydrogen-bond acceptors (Lipinski definition) is 3. The second-order valence-corrected chi connectivity index (χ2v) is 6.47. The molecule has 1 aromatic rings. The number of nitrogens with zero attached hydrogens (tertiary/aromatic N) is 2. The number of ether oxygens (including phenoxy) is 1. The Kier molecular flexibility index (Phi) is 3.98. The van der Waals surface area contributed by atoms with E-state index in [0.717, 1.165) is 33.5 Å². The molecule has 0 N–H and O–H groups in total. The SMILES string of the molecule is COc1ccc(C2CCN=C3C(Br)=CC(Br)=CN32)cc1. The van der Waals surface area contributed by atoms with Crippen molar-refractivity contribution < 1.29 is 4.74 Å². The molecule has 2 heterocycles. The largest absolute Gasteiger partial charge is 0.497 e. The van der Waals surface area contributed by atoms with Gasteiger partial charge in [-0.3, -0.25) is 4.99 Å². The van der Waals surface area contributed by atoms with Gasteiger partial charge in [0.2, 0.25) is 0 Å². The van der Waals surface area contributed by atoms with Crippen LogP contribution >= 0.6 is 31.9 Å². The van der Waals surface area contributed by atoms with E-state index in [1.165, 1.54) is 5.56 Å². The molecule has 0 aromatic heterocycles. The minimum Gasteiger partial charge on any atom is -0.497 e. The van der Waals surface area contributed by atoms with Crippen LogP contribution in [0.3, 0.4) is 0 Å². The quantitative estimate of drug-likeness (QED) is 0.740. The Balaban J connectivity index is 1.94. The molecule has 104 valence electrons. The maximum absolute atomic E-state index is 5.22. The molecule has 2 aliphatic heterocycles. The summed E-state index contributed by atoms with van der Waals surface area (Å²) >= 11 is 7.14. The molecule has 0 spiro atoms. The molecule has 0 fully saturated rings. The number of benzene rings is 1. The first-order chi connectivity index (χ1) is 9.69. The first kappa shape index (κ1) is 13.9. The van der Waals surface area contributed by atoms with Gasteiger partial charge >= 0.3 is 0 Å². The lowest BCUT2D eigenvalue weighted by Crippen LogP contribution is -2.36. The van der Waals surface area contributed by atoms with Crippen molar-refractivity contribution in [2.75, 3.05) is 13.7 Å². The van der Waals surface area contributed by atoms with Gasteiger partial charge in [-0.1, -0.05) is 12.1 Å². The summed E-state index contributed by atoms with van der Waals surface area (Å²) in [6, 6.07) is 8.57. The van der Waals surface area contributed by atoms with Gasteiger partial charge < -0.3 is 9.64 Å². The minimum atomic E-state index is 0.308. The van der Waals surface area contributed by atoms with E-state index in [1.54, 1.807) is 7.11 Å². The molecule has 3 nitrogen and oxygen atoms in total. The lowest BCUT2D eigenvalue weighted by Gasteiger charge is -2.37. The smallest absolute Gasteiger partial charge is 0.142 e. The summed E-state index contributed by atoms with van der Waals surface area (Å²) in [4.78, 5) is 6.84. The molecule has 20 heavy (non-hydrogen) atoms. The Morgan fingerprint density at radius 3 is 2.70 bits per heavy atom. The highest BCUT2D eigenvalue weighted by molar-refractivity contribution is 9.12. The summed E-state index contributed by atoms with van der Waals surface area (Å²) in [6.45, 7) is 0.844. The summed E-state index contributed by atoms with van der Waals surface area (Å²) < 4.78 is 7.29. The number of halogens is 2. The zero-order valence-electron chi connectivity index (χ0n) is 11.0. The summed E-state index contributed by atoms with van der Waals surface area (Å²) in [5.74, 6) is 1.88. The van der Waals surface area contributed by atoms with Gasteiger partial charge in [-0.15, -0.1) is 0 Å². The van der Waals surface area contributed by atoms with Crippen molar-refractivity contribution >= 4 is 37.7 Å². The molecule has 1 unspecified atom stereocenters. The first-order valence-electron chi connectivity index (χ1n) is 6.40. The summed E-state index contributed by atoms with van der Waals surface area (Å²) in [7, 11) is 1.69. The lowest BCUT2D eigenvalue weighted by molar-refractivity contribution is 0.370. The van der Waals surface area contributed by atoms with E-state index in [2.05, 4.69) is 60.1 Å². The van der Waals surface area contributed by atoms with Gasteiger partial charge in [0.25, 0.3) is 0 Å². The number of amidine groups is 1. The summed E-state index contributed by atoms with van der Waals surface area (Å²) in [5.41, 5.74) is 1.27. The third-order valence-corrected chi connectivity index (χ3v) is 4.50. The molecule has 0 radical (unpaired) electrons. The average molecular weight is 398 g/mol. The van der Waals surface area contributed by atoms with Crippen LogP contribution in [0.2, 0.25) is 0 Å². The summed E-state index contributed by atoms with van der Waals surface area (Å²) in [5, 5.41) is 0. The van der Waals surface area contributed by atoms with Crippen LogP contribution in [-0.2, 0) is 0 Å². The number of fused-ring (bicyclic) bond motifs is 1. The van der Waals surface area contributed by atoms with Crippen LogP contribution in [0.15, 0.2) is 50.5 Å². The number of hydrogen-bond donors (Lipinski definition) is 0. The fourth-order valence-corrected chi connectivity index (χ4v) is 3.85. The Morgan fingerprint density at radius 1 is 1.25 bits per heavy atom. The van der Waals surface area contributed by atoms with Gasteiger partial charge in [-0.05, 0) is 62.1 Å². The normalized spacial score (nSPS) is 21.6. The molecule has 3 rings (SSSR count). The fraction of sp³-hybridized carbons (Fsp3) is 0.267. The highest BCUT2D eigenvalue weighted by Gasteiger charge is 2.29. The first-order valence-corrected chi connectivity index (χ1v) is 7.99. The van der Waals surface area contributed by atoms with Crippen molar-refractivity contribution in [3.63, 3.8) is 0 Å². The Labute approximate surface area is 135 Å². The van der Waals surface area contributed by atoms with Crippen LogP contribution < -0.4 is 4.74 Å². The second-order valence-electron chi connectivity index (χ2n) is 4.70. The molecule has 5 heteroatoms. The van der Waals surface area contributed by atoms with Crippen molar-refractivity contribution in [2.45, 2.75) is 12.5 Å². The minimum absolute atomic E-state index is 0.308. The van der Waals surface area contributed by atoms with Crippen LogP contribution in [0.5, 0.6) is 5.75 Å². The van der Waals surface area contributed by atoms with Crippen LogP contribution in [0.25, 0.3) is 0 Å². The maximum atomic E-state index is 5.22. The van der Waals surface area contributed by atoms with E-state index >= 15 is 0 Å². The molecular weight excluding hydrogens is 384 g/mol. The lowest BCUT2D eigenvalue weighted by atomic mass is 9.99. The molecule has 0 saturated carbocycles. The number of allylic oxidation sites excluding steroid dienone is 2. The molecule has 0 amide bonds. The highest BCUT2D eigenvalue weighted by Crippen LogP contribution is 2.36. The third-order valence-electron chi connectivity index (χ3n) is 3.49. The van der Waals surface area contributed by atoms with E-state index in [-0.39, 0.29) is 0 Å². The second kappa shape index (κ2) is 5.74. The molecule has 1 atom stereocenters. The Bertz CT molecular complexity index is 605. The van der Waals surface area contributed by atoms with Crippen LogP contribution in [0, 0.1) is 0 Å². The van der Waals surface area contributed by atoms with E-state index < -0.39 is 0 Å². The molecular formula is C15H14Br2N2O. The van der Waals surface area contributed by atoms with Crippen LogP contribution in [0.1, 0.15) is 18.0 Å². The summed E-state index contributed by atoms with van der Waals surface area (Å²) in [6.07, 6.45) is 5.14. The predicted octanol–water partition coefficient (Wildman–Crippen LogP) is 4.37. The highest BCUT2D eigenvalue weighted by atomic mass is 79.9. The van der Waals surface area contributed by atoms with Crippen molar-refractivity contribution in [2.24, 2.45) is 4.99 Å². The van der Waals surface area contributed by atoms with Gasteiger partial charge in [0.15, 0.2) is 0 Å². The number of rotatable bonds is 2. The maximum Gasteiger partial charge on any atom is 0.142 e. The number of methoxy groups -OCH3 is 1. The molecule has 0 saturated heterocycles. The molecule has 2 aliphatic rings. The van der Waals surface area contributed by atoms with Crippen molar-refractivity contribution in [1.29, 1.82) is 0 Å². The number of aliphatic imine (C=N–C) groups is 1. The average Bonchev–Trinajstić information content (AvgIpc) is 2.47. The Morgan fingerprint density at radius 2 is 2.00 bits per heavy atom. The van der Waals surface area contributed by atoms with Gasteiger partial charge in [-0.2, -0.15) is 0 Å². The van der Waals surface area contributed by atoms with Crippen molar-refractivity contribution in [1.82, 2.24) is 4.90 Å². The van der Waals surface area contributed by atoms with Gasteiger partial charge in [0.05, 0.1) is 17.6 Å². The predicted molar refractivity (Wildman–Crippen MR) is 88.5 cm³/mol. The van der Waals surface area contributed by atoms with Crippen LogP contribution in [-0.4, -0.2) is 24.4 Å². The fourth-order valence-electron chi connectivity index (χ4n) is 2.52. The van der Waals surface area contributed by atoms with Crippen molar-refractivity contribution in [3.05, 3.63) is 51.1 Å². The van der Waals surface area contributed by atoms with E-state index in [0.29, 0.717) is 6.04 Å². The molecule has 0 aliphatic carbocycles. The zero-order chi connectivity index (χ0) is 14.1. The monoisotopic (exact) mass is 396 g/mol. The van der Waals surface area contributed by atoms with Crippen LogP contribution in [0.4, 0.5) is 0 Å². The van der Waals surface area contributed by atoms with E-state index in [1.807, 2.05) is 18.2 Å². The zero-order valence-corrected chi connectivity index (χ0v) is 14.2. The Hall–Kier alpha value is -1.07. The van der Waals surface area contributed by atoms with Gasteiger partial charge in [0.1, 0.15) is 11.6 Å². The molecule has 1 aromatic carbocycles. The van der Waals surface area contributed by atoms with Gasteiger partial charge in [0, 0.05) is 17.2 Å².